The molecular formula is C14H24N2O3S. The molecule has 0 saturated carbocycles. The molecule has 1 atom stereocenters. The Morgan fingerprint density at radius 3 is 2.35 bits per heavy atom. The van der Waals surface area contributed by atoms with Crippen LogP contribution in [0.15, 0.2) is 29.2 Å². The molecular weight excluding hydrogens is 276 g/mol. The van der Waals surface area contributed by atoms with Crippen molar-refractivity contribution in [1.82, 2.24) is 4.31 Å². The Morgan fingerprint density at radius 2 is 1.90 bits per heavy atom. The van der Waals surface area contributed by atoms with Crippen LogP contribution in [0.5, 0.6) is 0 Å². The molecule has 1 rings (SSSR count). The molecule has 0 saturated heterocycles. The zero-order valence-electron chi connectivity index (χ0n) is 12.4. The van der Waals surface area contributed by atoms with Gasteiger partial charge in [-0.1, -0.05) is 19.1 Å². The molecule has 2 N–H and O–H groups in total. The molecule has 1 unspecified atom stereocenters. The summed E-state index contributed by atoms with van der Waals surface area (Å²) in [6.45, 7) is 5.01. The normalized spacial score (nSPS) is 13.7. The number of hydrogen-bond donors (Lipinski definition) is 1. The van der Waals surface area contributed by atoms with Crippen molar-refractivity contribution in [1.29, 1.82) is 0 Å². The van der Waals surface area contributed by atoms with E-state index in [-0.39, 0.29) is 6.04 Å². The van der Waals surface area contributed by atoms with Crippen molar-refractivity contribution >= 4 is 10.0 Å². The zero-order valence-corrected chi connectivity index (χ0v) is 13.2. The van der Waals surface area contributed by atoms with Crippen LogP contribution in [0.4, 0.5) is 0 Å². The van der Waals surface area contributed by atoms with E-state index in [1.54, 1.807) is 31.4 Å². The molecule has 1 aromatic rings. The number of methoxy groups -OCH3 is 1. The van der Waals surface area contributed by atoms with E-state index >= 15 is 0 Å². The van der Waals surface area contributed by atoms with Crippen LogP contribution in [-0.4, -0.2) is 39.0 Å². The van der Waals surface area contributed by atoms with Crippen molar-refractivity contribution < 1.29 is 13.2 Å². The number of benzene rings is 1. The fourth-order valence-electron chi connectivity index (χ4n) is 1.90. The summed E-state index contributed by atoms with van der Waals surface area (Å²) in [6.07, 6.45) is 0.754. The summed E-state index contributed by atoms with van der Waals surface area (Å²) in [7, 11) is -1.93. The van der Waals surface area contributed by atoms with E-state index in [0.717, 1.165) is 12.0 Å². The van der Waals surface area contributed by atoms with Crippen LogP contribution in [-0.2, 0) is 21.3 Å². The molecule has 0 heterocycles. The molecule has 0 aliphatic heterocycles. The Kier molecular flexibility index (Phi) is 6.61. The van der Waals surface area contributed by atoms with Gasteiger partial charge in [-0.2, -0.15) is 4.31 Å². The SMILES string of the molecule is CCC(C)N(CCOC)S(=O)(=O)c1ccc(CN)cc1. The van der Waals surface area contributed by atoms with Crippen LogP contribution in [0.3, 0.4) is 0 Å². The van der Waals surface area contributed by atoms with Gasteiger partial charge in [0.1, 0.15) is 0 Å². The number of hydrogen-bond acceptors (Lipinski definition) is 4. The predicted octanol–water partition coefficient (Wildman–Crippen LogP) is 1.58. The van der Waals surface area contributed by atoms with Gasteiger partial charge in [0.2, 0.25) is 10.0 Å². The van der Waals surface area contributed by atoms with Crippen molar-refractivity contribution in [2.75, 3.05) is 20.3 Å². The minimum atomic E-state index is -3.50. The molecule has 5 nitrogen and oxygen atoms in total. The average Bonchev–Trinajstić information content (AvgIpc) is 2.47. The monoisotopic (exact) mass is 300 g/mol. The van der Waals surface area contributed by atoms with Crippen LogP contribution in [0.25, 0.3) is 0 Å². The molecule has 0 aliphatic rings. The fourth-order valence-corrected chi connectivity index (χ4v) is 3.58. The Balaban J connectivity index is 3.07. The molecule has 1 aromatic carbocycles. The highest BCUT2D eigenvalue weighted by Gasteiger charge is 2.27. The van der Waals surface area contributed by atoms with Crippen LogP contribution < -0.4 is 5.73 Å². The van der Waals surface area contributed by atoms with Gasteiger partial charge < -0.3 is 10.5 Å². The number of sulfonamides is 1. The first-order chi connectivity index (χ1) is 9.47. The van der Waals surface area contributed by atoms with Crippen LogP contribution in [0, 0.1) is 0 Å². The number of nitrogens with zero attached hydrogens (tertiary/aromatic N) is 1. The molecule has 0 radical (unpaired) electrons. The molecule has 0 fully saturated rings. The van der Waals surface area contributed by atoms with E-state index in [9.17, 15) is 8.42 Å². The molecule has 0 aromatic heterocycles. The lowest BCUT2D eigenvalue weighted by molar-refractivity contribution is 0.167. The lowest BCUT2D eigenvalue weighted by Gasteiger charge is -2.27. The van der Waals surface area contributed by atoms with Gasteiger partial charge in [-0.15, -0.1) is 0 Å². The second-order valence-corrected chi connectivity index (χ2v) is 6.60. The Hall–Kier alpha value is -0.950. The molecule has 6 heteroatoms. The van der Waals surface area contributed by atoms with Gasteiger partial charge in [0, 0.05) is 26.2 Å². The lowest BCUT2D eigenvalue weighted by atomic mass is 10.2. The standard InChI is InChI=1S/C14H24N2O3S/c1-4-12(2)16(9-10-19-3)20(17,18)14-7-5-13(11-15)6-8-14/h5-8,12H,4,9-11,15H2,1-3H3. The second kappa shape index (κ2) is 7.73. The first kappa shape index (κ1) is 17.1. The van der Waals surface area contributed by atoms with Gasteiger partial charge in [0.15, 0.2) is 0 Å². The van der Waals surface area contributed by atoms with Crippen LogP contribution >= 0.6 is 0 Å². The summed E-state index contributed by atoms with van der Waals surface area (Å²) >= 11 is 0. The highest BCUT2D eigenvalue weighted by molar-refractivity contribution is 7.89. The van der Waals surface area contributed by atoms with Crippen molar-refractivity contribution in [3.63, 3.8) is 0 Å². The first-order valence-electron chi connectivity index (χ1n) is 6.77. The maximum atomic E-state index is 12.7. The molecule has 0 amide bonds. The van der Waals surface area contributed by atoms with E-state index in [1.165, 1.54) is 4.31 Å². The van der Waals surface area contributed by atoms with E-state index in [0.29, 0.717) is 24.6 Å². The van der Waals surface area contributed by atoms with Crippen molar-refractivity contribution in [3.05, 3.63) is 29.8 Å². The zero-order chi connectivity index (χ0) is 15.2. The van der Waals surface area contributed by atoms with Crippen molar-refractivity contribution in [2.45, 2.75) is 37.8 Å². The van der Waals surface area contributed by atoms with Gasteiger partial charge in [0.25, 0.3) is 0 Å². The van der Waals surface area contributed by atoms with Gasteiger partial charge in [-0.25, -0.2) is 8.42 Å². The fraction of sp³-hybridized carbons (Fsp3) is 0.571. The molecule has 20 heavy (non-hydrogen) atoms. The average molecular weight is 300 g/mol. The first-order valence-corrected chi connectivity index (χ1v) is 8.21. The highest BCUT2D eigenvalue weighted by atomic mass is 32.2. The van der Waals surface area contributed by atoms with E-state index in [4.69, 9.17) is 10.5 Å². The van der Waals surface area contributed by atoms with E-state index < -0.39 is 10.0 Å². The third-order valence-electron chi connectivity index (χ3n) is 3.36. The Morgan fingerprint density at radius 1 is 1.30 bits per heavy atom. The van der Waals surface area contributed by atoms with E-state index in [2.05, 4.69) is 0 Å². The second-order valence-electron chi connectivity index (χ2n) is 4.71. The van der Waals surface area contributed by atoms with Crippen molar-refractivity contribution in [3.8, 4) is 0 Å². The third-order valence-corrected chi connectivity index (χ3v) is 5.39. The molecule has 0 aliphatic carbocycles. The summed E-state index contributed by atoms with van der Waals surface area (Å²) in [5.41, 5.74) is 6.44. The minimum Gasteiger partial charge on any atom is -0.383 e. The summed E-state index contributed by atoms with van der Waals surface area (Å²) in [5, 5.41) is 0. The minimum absolute atomic E-state index is 0.0654. The van der Waals surface area contributed by atoms with Gasteiger partial charge in [-0.05, 0) is 31.0 Å². The molecule has 0 bridgehead atoms. The third kappa shape index (κ3) is 4.02. The Labute approximate surface area is 121 Å². The Bertz CT molecular complexity index is 500. The largest absolute Gasteiger partial charge is 0.383 e. The molecule has 114 valence electrons. The number of ether oxygens (including phenoxy) is 1. The predicted molar refractivity (Wildman–Crippen MR) is 79.9 cm³/mol. The summed E-state index contributed by atoms with van der Waals surface area (Å²) < 4.78 is 31.9. The number of rotatable bonds is 8. The van der Waals surface area contributed by atoms with Gasteiger partial charge in [0.05, 0.1) is 11.5 Å². The van der Waals surface area contributed by atoms with Gasteiger partial charge >= 0.3 is 0 Å². The lowest BCUT2D eigenvalue weighted by Crippen LogP contribution is -2.40. The quantitative estimate of drug-likeness (QED) is 0.791. The van der Waals surface area contributed by atoms with Crippen molar-refractivity contribution in [2.24, 2.45) is 5.73 Å². The van der Waals surface area contributed by atoms with E-state index in [1.807, 2.05) is 13.8 Å². The summed E-state index contributed by atoms with van der Waals surface area (Å²) in [6, 6.07) is 6.65. The van der Waals surface area contributed by atoms with Gasteiger partial charge in [-0.3, -0.25) is 0 Å². The van der Waals surface area contributed by atoms with Crippen LogP contribution in [0.1, 0.15) is 25.8 Å². The van der Waals surface area contributed by atoms with Crippen LogP contribution in [0.2, 0.25) is 0 Å². The summed E-state index contributed by atoms with van der Waals surface area (Å²) in [4.78, 5) is 0.297. The molecule has 0 spiro atoms. The number of nitrogens with two attached hydrogens (primary N) is 1. The summed E-state index contributed by atoms with van der Waals surface area (Å²) in [5.74, 6) is 0. The topological polar surface area (TPSA) is 72.6 Å². The maximum absolute atomic E-state index is 12.7. The smallest absolute Gasteiger partial charge is 0.243 e. The maximum Gasteiger partial charge on any atom is 0.243 e. The highest BCUT2D eigenvalue weighted by Crippen LogP contribution is 2.20.